The highest BCUT2D eigenvalue weighted by molar-refractivity contribution is 14.0. The van der Waals surface area contributed by atoms with Crippen LogP contribution in [0.4, 0.5) is 0 Å². The molecule has 7 nitrogen and oxygen atoms in total. The number of nitrogens with zero attached hydrogens (tertiary/aromatic N) is 3. The molecular formula is C20H34IN5O2S. The minimum Gasteiger partial charge on any atom is -0.353 e. The Hall–Kier alpha value is -0.910. The molecule has 0 amide bonds. The summed E-state index contributed by atoms with van der Waals surface area (Å²) in [5, 5.41) is 6.50. The van der Waals surface area contributed by atoms with E-state index in [2.05, 4.69) is 56.7 Å². The summed E-state index contributed by atoms with van der Waals surface area (Å²) in [7, 11) is 1.01. The van der Waals surface area contributed by atoms with Gasteiger partial charge in [-0.1, -0.05) is 24.3 Å². The number of sulfone groups is 1. The predicted molar refractivity (Wildman–Crippen MR) is 130 cm³/mol. The van der Waals surface area contributed by atoms with E-state index in [1.165, 1.54) is 24.1 Å². The molecule has 0 bridgehead atoms. The first kappa shape index (κ1) is 24.4. The summed E-state index contributed by atoms with van der Waals surface area (Å²) in [4.78, 5) is 9.14. The lowest BCUT2D eigenvalue weighted by Gasteiger charge is -2.20. The molecule has 0 spiro atoms. The minimum absolute atomic E-state index is 0. The molecule has 2 heterocycles. The van der Waals surface area contributed by atoms with Gasteiger partial charge >= 0.3 is 0 Å². The summed E-state index contributed by atoms with van der Waals surface area (Å²) < 4.78 is 23.2. The van der Waals surface area contributed by atoms with Crippen LogP contribution in [0.15, 0.2) is 29.3 Å². The first-order valence-corrected chi connectivity index (χ1v) is 11.9. The molecule has 164 valence electrons. The van der Waals surface area contributed by atoms with Crippen molar-refractivity contribution in [2.75, 3.05) is 51.8 Å². The normalized spacial score (nSPS) is 23.2. The lowest BCUT2D eigenvalue weighted by atomic mass is 10.1. The van der Waals surface area contributed by atoms with Gasteiger partial charge in [0.2, 0.25) is 0 Å². The number of hydrogen-bond acceptors (Lipinski definition) is 5. The molecule has 0 aliphatic carbocycles. The molecule has 2 fully saturated rings. The quantitative estimate of drug-likeness (QED) is 0.337. The lowest BCUT2D eigenvalue weighted by Crippen LogP contribution is -2.43. The fraction of sp³-hybridized carbons (Fsp3) is 0.650. The molecular weight excluding hydrogens is 501 g/mol. The molecule has 0 saturated carbocycles. The fourth-order valence-electron chi connectivity index (χ4n) is 3.76. The summed E-state index contributed by atoms with van der Waals surface area (Å²) >= 11 is 0. The zero-order chi connectivity index (χ0) is 20.0. The van der Waals surface area contributed by atoms with Crippen molar-refractivity contribution in [3.05, 3.63) is 35.4 Å². The van der Waals surface area contributed by atoms with Crippen LogP contribution in [0.2, 0.25) is 0 Å². The zero-order valence-electron chi connectivity index (χ0n) is 17.4. The monoisotopic (exact) mass is 535 g/mol. The Kier molecular flexibility index (Phi) is 9.64. The van der Waals surface area contributed by atoms with E-state index in [0.29, 0.717) is 18.9 Å². The Morgan fingerprint density at radius 3 is 2.52 bits per heavy atom. The van der Waals surface area contributed by atoms with Crippen molar-refractivity contribution in [1.82, 2.24) is 20.4 Å². The van der Waals surface area contributed by atoms with Crippen molar-refractivity contribution in [3.8, 4) is 0 Å². The number of guanidine groups is 1. The molecule has 1 atom stereocenters. The average molecular weight is 535 g/mol. The highest BCUT2D eigenvalue weighted by Crippen LogP contribution is 2.12. The number of aliphatic imine (C=N–C) groups is 1. The molecule has 3 rings (SSSR count). The topological polar surface area (TPSA) is 77.0 Å². The van der Waals surface area contributed by atoms with E-state index in [9.17, 15) is 8.42 Å². The molecule has 0 aromatic heterocycles. The summed E-state index contributed by atoms with van der Waals surface area (Å²) in [6, 6.07) is 8.65. The minimum atomic E-state index is -2.89. The molecule has 1 aromatic carbocycles. The van der Waals surface area contributed by atoms with Crippen molar-refractivity contribution in [2.45, 2.75) is 32.0 Å². The maximum Gasteiger partial charge on any atom is 0.191 e. The van der Waals surface area contributed by atoms with Gasteiger partial charge in [0.05, 0.1) is 11.5 Å². The van der Waals surface area contributed by atoms with Crippen molar-refractivity contribution < 1.29 is 8.42 Å². The van der Waals surface area contributed by atoms with E-state index < -0.39 is 9.84 Å². The number of benzene rings is 1. The Morgan fingerprint density at radius 1 is 1.14 bits per heavy atom. The van der Waals surface area contributed by atoms with Crippen LogP contribution >= 0.6 is 24.0 Å². The molecule has 2 saturated heterocycles. The van der Waals surface area contributed by atoms with Crippen LogP contribution in [-0.2, 0) is 22.9 Å². The lowest BCUT2D eigenvalue weighted by molar-refractivity contribution is 0.269. The van der Waals surface area contributed by atoms with Crippen LogP contribution in [0.5, 0.6) is 0 Å². The van der Waals surface area contributed by atoms with E-state index in [1.807, 2.05) is 0 Å². The van der Waals surface area contributed by atoms with E-state index in [-0.39, 0.29) is 41.5 Å². The standard InChI is InChI=1S/C20H33N5O2S.HI/c1-21-20(23-19-8-13-28(26,27)16-19)22-14-17-4-6-18(7-5-17)15-25-10-3-9-24(2)11-12-25;/h4-7,19H,3,8-16H2,1-2H3,(H2,21,22,23);1H. The van der Waals surface area contributed by atoms with Gasteiger partial charge < -0.3 is 15.5 Å². The van der Waals surface area contributed by atoms with Gasteiger partial charge in [0.25, 0.3) is 0 Å². The molecule has 1 aromatic rings. The van der Waals surface area contributed by atoms with E-state index in [1.54, 1.807) is 7.05 Å². The maximum absolute atomic E-state index is 11.6. The number of nitrogens with one attached hydrogen (secondary N) is 2. The Balaban J connectivity index is 0.00000300. The zero-order valence-corrected chi connectivity index (χ0v) is 20.6. The summed E-state index contributed by atoms with van der Waals surface area (Å²) in [5.74, 6) is 1.10. The van der Waals surface area contributed by atoms with Crippen LogP contribution in [0.1, 0.15) is 24.0 Å². The number of halogens is 1. The predicted octanol–water partition coefficient (Wildman–Crippen LogP) is 1.29. The summed E-state index contributed by atoms with van der Waals surface area (Å²) in [6.07, 6.45) is 1.87. The van der Waals surface area contributed by atoms with Crippen molar-refractivity contribution in [2.24, 2.45) is 4.99 Å². The molecule has 2 N–H and O–H groups in total. The number of rotatable bonds is 5. The van der Waals surface area contributed by atoms with Crippen molar-refractivity contribution in [3.63, 3.8) is 0 Å². The molecule has 1 unspecified atom stereocenters. The molecule has 2 aliphatic rings. The second kappa shape index (κ2) is 11.5. The van der Waals surface area contributed by atoms with E-state index in [0.717, 1.165) is 26.2 Å². The summed E-state index contributed by atoms with van der Waals surface area (Å²) in [5.41, 5.74) is 2.52. The van der Waals surface area contributed by atoms with Crippen LogP contribution in [0.3, 0.4) is 0 Å². The highest BCUT2D eigenvalue weighted by atomic mass is 127. The van der Waals surface area contributed by atoms with Gasteiger partial charge in [-0.25, -0.2) is 8.42 Å². The molecule has 2 aliphatic heterocycles. The van der Waals surface area contributed by atoms with Crippen molar-refractivity contribution in [1.29, 1.82) is 0 Å². The van der Waals surface area contributed by atoms with Gasteiger partial charge in [-0.2, -0.15) is 0 Å². The maximum atomic E-state index is 11.6. The van der Waals surface area contributed by atoms with Crippen LogP contribution in [-0.4, -0.2) is 82.0 Å². The van der Waals surface area contributed by atoms with Crippen LogP contribution in [0, 0.1) is 0 Å². The van der Waals surface area contributed by atoms with Gasteiger partial charge in [0.1, 0.15) is 0 Å². The molecule has 0 radical (unpaired) electrons. The average Bonchev–Trinajstić information content (AvgIpc) is 2.88. The van der Waals surface area contributed by atoms with Gasteiger partial charge in [-0.3, -0.25) is 9.89 Å². The molecule has 29 heavy (non-hydrogen) atoms. The highest BCUT2D eigenvalue weighted by Gasteiger charge is 2.28. The third kappa shape index (κ3) is 8.03. The van der Waals surface area contributed by atoms with Gasteiger partial charge in [-0.15, -0.1) is 24.0 Å². The summed E-state index contributed by atoms with van der Waals surface area (Å²) in [6.45, 7) is 6.26. The Morgan fingerprint density at radius 2 is 1.86 bits per heavy atom. The van der Waals surface area contributed by atoms with Gasteiger partial charge in [0, 0.05) is 39.3 Å². The molecule has 9 heteroatoms. The van der Waals surface area contributed by atoms with E-state index in [4.69, 9.17) is 0 Å². The smallest absolute Gasteiger partial charge is 0.191 e. The van der Waals surface area contributed by atoms with Gasteiger partial charge in [0.15, 0.2) is 15.8 Å². The van der Waals surface area contributed by atoms with Crippen LogP contribution in [0.25, 0.3) is 0 Å². The van der Waals surface area contributed by atoms with E-state index >= 15 is 0 Å². The third-order valence-corrected chi connectivity index (χ3v) is 7.27. The number of hydrogen-bond donors (Lipinski definition) is 2. The fourth-order valence-corrected chi connectivity index (χ4v) is 5.43. The van der Waals surface area contributed by atoms with Gasteiger partial charge in [-0.05, 0) is 44.1 Å². The third-order valence-electron chi connectivity index (χ3n) is 5.50. The SMILES string of the molecule is CN=C(NCc1ccc(CN2CCCN(C)CC2)cc1)NC1CCS(=O)(=O)C1.I. The first-order chi connectivity index (χ1) is 13.4. The Bertz CT molecular complexity index is 770. The first-order valence-electron chi connectivity index (χ1n) is 10.1. The Labute approximate surface area is 192 Å². The second-order valence-electron chi connectivity index (χ2n) is 7.92. The van der Waals surface area contributed by atoms with Crippen molar-refractivity contribution >= 4 is 39.8 Å². The van der Waals surface area contributed by atoms with Crippen LogP contribution < -0.4 is 10.6 Å². The number of likely N-dealkylation sites (N-methyl/N-ethyl adjacent to an activating group) is 1. The largest absolute Gasteiger partial charge is 0.353 e. The second-order valence-corrected chi connectivity index (χ2v) is 10.1.